The topological polar surface area (TPSA) is 62.6 Å². The van der Waals surface area contributed by atoms with E-state index < -0.39 is 10.0 Å². The minimum absolute atomic E-state index is 0.151. The molecule has 2 heterocycles. The highest BCUT2D eigenvalue weighted by Gasteiger charge is 2.23. The molecule has 1 aromatic rings. The van der Waals surface area contributed by atoms with E-state index in [0.29, 0.717) is 26.2 Å². The molecule has 1 fully saturated rings. The van der Waals surface area contributed by atoms with Crippen molar-refractivity contribution in [2.24, 2.45) is 0 Å². The Morgan fingerprint density at radius 1 is 1.39 bits per heavy atom. The van der Waals surface area contributed by atoms with E-state index >= 15 is 0 Å². The first-order valence-corrected chi connectivity index (χ1v) is 8.73. The summed E-state index contributed by atoms with van der Waals surface area (Å²) in [6.45, 7) is 2.31. The number of nitrogens with one attached hydrogen (secondary N) is 1. The van der Waals surface area contributed by atoms with E-state index in [1.54, 1.807) is 10.6 Å². The lowest BCUT2D eigenvalue weighted by Crippen LogP contribution is -2.41. The summed E-state index contributed by atoms with van der Waals surface area (Å²) in [6.07, 6.45) is 1.61. The summed E-state index contributed by atoms with van der Waals surface area (Å²) in [7, 11) is -3.10. The zero-order valence-corrected chi connectivity index (χ0v) is 11.8. The quantitative estimate of drug-likeness (QED) is 0.783. The Hall–Kier alpha value is -0.500. The first kappa shape index (κ1) is 13.9. The van der Waals surface area contributed by atoms with Crippen molar-refractivity contribution < 1.29 is 12.8 Å². The van der Waals surface area contributed by atoms with Crippen molar-refractivity contribution in [3.8, 4) is 0 Å². The standard InChI is InChI=1S/C11H18N2O3S2/c14-18(15,13-4-7-17-8-5-13)9-3-12-10-11-2-1-6-16-11/h1-2,6,12H,3-5,7-10H2. The van der Waals surface area contributed by atoms with Gasteiger partial charge in [0.05, 0.1) is 18.6 Å². The Morgan fingerprint density at radius 3 is 2.83 bits per heavy atom. The maximum absolute atomic E-state index is 12.0. The van der Waals surface area contributed by atoms with E-state index in [2.05, 4.69) is 5.32 Å². The fraction of sp³-hybridized carbons (Fsp3) is 0.636. The van der Waals surface area contributed by atoms with Gasteiger partial charge in [0.25, 0.3) is 0 Å². The van der Waals surface area contributed by atoms with E-state index in [1.165, 1.54) is 0 Å². The van der Waals surface area contributed by atoms with Gasteiger partial charge in [0.1, 0.15) is 5.76 Å². The maximum Gasteiger partial charge on any atom is 0.215 e. The van der Waals surface area contributed by atoms with Gasteiger partial charge in [0.15, 0.2) is 0 Å². The molecule has 1 aliphatic heterocycles. The van der Waals surface area contributed by atoms with Gasteiger partial charge in [-0.1, -0.05) is 0 Å². The number of sulfonamides is 1. The highest BCUT2D eigenvalue weighted by atomic mass is 32.2. The molecule has 0 bridgehead atoms. The van der Waals surface area contributed by atoms with Crippen LogP contribution in [0.5, 0.6) is 0 Å². The van der Waals surface area contributed by atoms with Gasteiger partial charge in [0.2, 0.25) is 10.0 Å². The lowest BCUT2D eigenvalue weighted by molar-refractivity contribution is 0.440. The molecule has 0 saturated carbocycles. The smallest absolute Gasteiger partial charge is 0.215 e. The lowest BCUT2D eigenvalue weighted by Gasteiger charge is -2.25. The average molecular weight is 290 g/mol. The Kier molecular flexibility index (Phi) is 5.11. The van der Waals surface area contributed by atoms with Crippen molar-refractivity contribution in [1.29, 1.82) is 0 Å². The van der Waals surface area contributed by atoms with Crippen LogP contribution in [-0.2, 0) is 16.6 Å². The zero-order chi connectivity index (χ0) is 12.8. The molecule has 0 aliphatic carbocycles. The summed E-state index contributed by atoms with van der Waals surface area (Å²) in [5, 5.41) is 3.08. The number of hydrogen-bond donors (Lipinski definition) is 1. The van der Waals surface area contributed by atoms with Gasteiger partial charge in [-0.05, 0) is 12.1 Å². The minimum Gasteiger partial charge on any atom is -0.468 e. The SMILES string of the molecule is O=S(=O)(CCNCc1ccco1)N1CCSCC1. The van der Waals surface area contributed by atoms with Gasteiger partial charge in [0, 0.05) is 31.1 Å². The van der Waals surface area contributed by atoms with Gasteiger partial charge in [-0.3, -0.25) is 0 Å². The monoisotopic (exact) mass is 290 g/mol. The highest BCUT2D eigenvalue weighted by molar-refractivity contribution is 7.99. The van der Waals surface area contributed by atoms with Crippen LogP contribution in [0.4, 0.5) is 0 Å². The zero-order valence-electron chi connectivity index (χ0n) is 10.2. The Bertz CT molecular complexity index is 439. The number of nitrogens with zero attached hydrogens (tertiary/aromatic N) is 1. The molecule has 1 aliphatic rings. The minimum atomic E-state index is -3.10. The molecule has 5 nitrogen and oxygen atoms in total. The third-order valence-corrected chi connectivity index (χ3v) is 5.59. The molecule has 0 atom stereocenters. The van der Waals surface area contributed by atoms with E-state index in [9.17, 15) is 8.42 Å². The molecule has 1 saturated heterocycles. The number of hydrogen-bond acceptors (Lipinski definition) is 5. The molecule has 1 aromatic heterocycles. The van der Waals surface area contributed by atoms with Crippen LogP contribution in [0.3, 0.4) is 0 Å². The van der Waals surface area contributed by atoms with E-state index in [-0.39, 0.29) is 5.75 Å². The Morgan fingerprint density at radius 2 is 2.17 bits per heavy atom. The molecule has 18 heavy (non-hydrogen) atoms. The maximum atomic E-state index is 12.0. The van der Waals surface area contributed by atoms with Crippen LogP contribution >= 0.6 is 11.8 Å². The summed E-state index contributed by atoms with van der Waals surface area (Å²) in [4.78, 5) is 0. The van der Waals surface area contributed by atoms with Gasteiger partial charge in [-0.25, -0.2) is 12.7 Å². The van der Waals surface area contributed by atoms with E-state index in [4.69, 9.17) is 4.42 Å². The second-order valence-electron chi connectivity index (χ2n) is 4.08. The fourth-order valence-electron chi connectivity index (χ4n) is 1.78. The second kappa shape index (κ2) is 6.60. The Balaban J connectivity index is 1.71. The number of furan rings is 1. The lowest BCUT2D eigenvalue weighted by atomic mass is 10.4. The third kappa shape index (κ3) is 4.01. The summed E-state index contributed by atoms with van der Waals surface area (Å²) in [6, 6.07) is 3.68. The van der Waals surface area contributed by atoms with Crippen LogP contribution in [0.2, 0.25) is 0 Å². The molecule has 0 amide bonds. The first-order valence-electron chi connectivity index (χ1n) is 5.97. The summed E-state index contributed by atoms with van der Waals surface area (Å²) >= 11 is 1.81. The summed E-state index contributed by atoms with van der Waals surface area (Å²) in [5.74, 6) is 2.78. The highest BCUT2D eigenvalue weighted by Crippen LogP contribution is 2.13. The number of thioether (sulfide) groups is 1. The summed E-state index contributed by atoms with van der Waals surface area (Å²) in [5.41, 5.74) is 0. The summed E-state index contributed by atoms with van der Waals surface area (Å²) < 4.78 is 30.8. The van der Waals surface area contributed by atoms with Crippen LogP contribution < -0.4 is 5.32 Å². The van der Waals surface area contributed by atoms with Crippen LogP contribution in [0, 0.1) is 0 Å². The molecular weight excluding hydrogens is 272 g/mol. The predicted molar refractivity (Wildman–Crippen MR) is 73.1 cm³/mol. The average Bonchev–Trinajstić information content (AvgIpc) is 2.89. The predicted octanol–water partition coefficient (Wildman–Crippen LogP) is 0.748. The largest absolute Gasteiger partial charge is 0.468 e. The van der Waals surface area contributed by atoms with Crippen LogP contribution in [0.25, 0.3) is 0 Å². The molecule has 1 N–H and O–H groups in total. The van der Waals surface area contributed by atoms with Crippen molar-refractivity contribution in [3.05, 3.63) is 24.2 Å². The van der Waals surface area contributed by atoms with Crippen molar-refractivity contribution in [1.82, 2.24) is 9.62 Å². The number of rotatable bonds is 6. The van der Waals surface area contributed by atoms with Crippen molar-refractivity contribution in [3.63, 3.8) is 0 Å². The molecule has 0 radical (unpaired) electrons. The van der Waals surface area contributed by atoms with Crippen molar-refractivity contribution in [2.45, 2.75) is 6.54 Å². The Labute approximate surface area is 112 Å². The normalized spacial score (nSPS) is 18.0. The van der Waals surface area contributed by atoms with Gasteiger partial charge >= 0.3 is 0 Å². The van der Waals surface area contributed by atoms with Crippen LogP contribution in [0.15, 0.2) is 22.8 Å². The second-order valence-corrected chi connectivity index (χ2v) is 7.40. The molecular formula is C11H18N2O3S2. The molecule has 0 spiro atoms. The van der Waals surface area contributed by atoms with E-state index in [0.717, 1.165) is 17.3 Å². The molecule has 0 aromatic carbocycles. The van der Waals surface area contributed by atoms with Gasteiger partial charge < -0.3 is 9.73 Å². The third-order valence-electron chi connectivity index (χ3n) is 2.78. The van der Waals surface area contributed by atoms with Gasteiger partial charge in [-0.15, -0.1) is 0 Å². The van der Waals surface area contributed by atoms with Crippen LogP contribution in [-0.4, -0.2) is 49.6 Å². The van der Waals surface area contributed by atoms with Gasteiger partial charge in [-0.2, -0.15) is 11.8 Å². The fourth-order valence-corrected chi connectivity index (χ4v) is 4.31. The van der Waals surface area contributed by atoms with Crippen LogP contribution in [0.1, 0.15) is 5.76 Å². The molecule has 7 heteroatoms. The molecule has 102 valence electrons. The molecule has 0 unspecified atom stereocenters. The van der Waals surface area contributed by atoms with Crippen molar-refractivity contribution >= 4 is 21.8 Å². The molecule has 2 rings (SSSR count). The van der Waals surface area contributed by atoms with E-state index in [1.807, 2.05) is 23.9 Å². The van der Waals surface area contributed by atoms with Crippen molar-refractivity contribution in [2.75, 3.05) is 36.9 Å². The first-order chi connectivity index (χ1) is 8.68.